The Labute approximate surface area is 452 Å². The number of aliphatic carboxylic acids is 4. The van der Waals surface area contributed by atoms with Crippen LogP contribution in [0.2, 0.25) is 0 Å². The van der Waals surface area contributed by atoms with E-state index >= 15 is 0 Å². The monoisotopic (exact) mass is 902 g/mol. The molecule has 0 atom stereocenters. The van der Waals surface area contributed by atoms with Gasteiger partial charge in [0.25, 0.3) is 0 Å². The van der Waals surface area contributed by atoms with Crippen molar-refractivity contribution in [3.05, 3.63) is 140 Å². The first-order valence-corrected chi connectivity index (χ1v) is 18.0. The quantitative estimate of drug-likeness (QED) is 0.134. The number of carbonyl (C=O) groups excluding carboxylic acids is 4. The summed E-state index contributed by atoms with van der Waals surface area (Å²) in [7, 11) is 0. The van der Waals surface area contributed by atoms with Gasteiger partial charge in [0.1, 0.15) is 0 Å². The van der Waals surface area contributed by atoms with Gasteiger partial charge in [0.05, 0.1) is 50.1 Å². The molecule has 9 heterocycles. The van der Waals surface area contributed by atoms with Crippen LogP contribution in [0.15, 0.2) is 107 Å². The van der Waals surface area contributed by atoms with Gasteiger partial charge in [-0.15, -0.1) is 0 Å². The van der Waals surface area contributed by atoms with Crippen LogP contribution < -0.4 is 170 Å². The molecule has 12 bridgehead atoms. The maximum absolute atomic E-state index is 12.9. The second-order valence-electron chi connectivity index (χ2n) is 13.4. The molecule has 0 fully saturated rings. The van der Waals surface area contributed by atoms with Crippen LogP contribution in [0.4, 0.5) is 46.5 Å². The summed E-state index contributed by atoms with van der Waals surface area (Å²) in [6.07, 6.45) is 0.686. The Morgan fingerprint density at radius 3 is 0.891 bits per heavy atom. The molecule has 0 radical (unpaired) electrons. The van der Waals surface area contributed by atoms with Gasteiger partial charge in [0.2, 0.25) is 23.8 Å². The summed E-state index contributed by atoms with van der Waals surface area (Å²) in [5.74, 6) is -7.27. The number of aromatic nitrogens is 6. The Bertz CT molecular complexity index is 2350. The number of hydrogen-bond donors (Lipinski definition) is 2. The van der Waals surface area contributed by atoms with Gasteiger partial charge in [-0.25, -0.2) is 9.59 Å². The number of benzene rings is 4. The fraction of sp³-hybridized carbons (Fsp3) is 0.150. The SMILES string of the molecule is O=C([O-])CN1c2ccc(cc2)Cc2ccc(cc2)N(CC(=O)[O-])c2nc([nH]c(=O)n2)N(CC(=O)[O-])c2ccc(cc2)Cc2ccc(cc2)N(CC(=O)[O-])c2nc1nc(=O)[nH]2.[Na+].[Na+].[Na+].[Na+]. The number of H-pyrrole nitrogens is 2. The van der Waals surface area contributed by atoms with Gasteiger partial charge in [-0.2, -0.15) is 19.9 Å². The smallest absolute Gasteiger partial charge is 0.548 e. The van der Waals surface area contributed by atoms with Gasteiger partial charge < -0.3 is 59.2 Å². The first-order valence-electron chi connectivity index (χ1n) is 18.0. The van der Waals surface area contributed by atoms with Crippen LogP contribution in [0, 0.1) is 0 Å². The molecule has 0 spiro atoms. The molecule has 4 aromatic carbocycles. The van der Waals surface area contributed by atoms with Crippen LogP contribution in [0.5, 0.6) is 0 Å². The third-order valence-corrected chi connectivity index (χ3v) is 9.20. The van der Waals surface area contributed by atoms with E-state index in [0.29, 0.717) is 12.8 Å². The average Bonchev–Trinajstić information content (AvgIpc) is 3.20. The van der Waals surface area contributed by atoms with Gasteiger partial charge in [0, 0.05) is 22.7 Å². The maximum atomic E-state index is 12.9. The second-order valence-corrected chi connectivity index (χ2v) is 13.4. The van der Waals surface area contributed by atoms with E-state index in [1.807, 2.05) is 0 Å². The number of nitrogens with one attached hydrogen (secondary N) is 2. The van der Waals surface area contributed by atoms with Crippen molar-refractivity contribution in [2.75, 3.05) is 45.8 Å². The van der Waals surface area contributed by atoms with Gasteiger partial charge in [-0.05, 0) is 83.6 Å². The van der Waals surface area contributed by atoms with Crippen molar-refractivity contribution in [3.8, 4) is 0 Å². The number of carboxylic acid groups (broad SMARTS) is 4. The van der Waals surface area contributed by atoms with Crippen molar-refractivity contribution in [1.82, 2.24) is 29.9 Å². The van der Waals surface area contributed by atoms with Gasteiger partial charge >= 0.3 is 130 Å². The Hall–Kier alpha value is -4.42. The van der Waals surface area contributed by atoms with E-state index in [0.717, 1.165) is 41.9 Å². The molecular weight excluding hydrogens is 872 g/mol. The van der Waals surface area contributed by atoms with E-state index in [9.17, 15) is 49.2 Å². The average molecular weight is 903 g/mol. The number of aromatic amines is 2. The fourth-order valence-corrected chi connectivity index (χ4v) is 6.52. The molecule has 24 heteroatoms. The minimum Gasteiger partial charge on any atom is -0.548 e. The van der Waals surface area contributed by atoms with Crippen molar-refractivity contribution < 1.29 is 158 Å². The second kappa shape index (κ2) is 24.2. The molecule has 0 saturated carbocycles. The Balaban J connectivity index is 0.00000272. The van der Waals surface area contributed by atoms with E-state index in [1.165, 1.54) is 0 Å². The summed E-state index contributed by atoms with van der Waals surface area (Å²) >= 11 is 0. The van der Waals surface area contributed by atoms with Crippen LogP contribution in [0.25, 0.3) is 0 Å². The fourth-order valence-electron chi connectivity index (χ4n) is 6.52. The molecule has 7 aliphatic rings. The molecule has 304 valence electrons. The molecule has 2 aromatic heterocycles. The summed E-state index contributed by atoms with van der Waals surface area (Å²) in [4.78, 5) is 99.5. The van der Waals surface area contributed by atoms with Gasteiger partial charge in [-0.3, -0.25) is 9.97 Å². The van der Waals surface area contributed by atoms with E-state index in [1.54, 1.807) is 97.1 Å². The van der Waals surface area contributed by atoms with Crippen LogP contribution in [0.3, 0.4) is 0 Å². The van der Waals surface area contributed by atoms with Crippen LogP contribution in [-0.2, 0) is 32.0 Å². The number of carbonyl (C=O) groups is 4. The molecule has 13 rings (SSSR count). The standard InChI is InChI=1S/C40H34N10O10.4Na/c51-31(52)19-47-27-9-1-23(2-10-27)17-24-3-11-28(12-4-24)48(20-32(53)54)37-42-38(46-40(60)45-37)50(22-34(57)58)30-15-7-26(8-16-30)18-25-5-13-29(14-6-25)49(21-33(55)56)36-41-35(47)43-39(59)44-36;;;;/h1-16H,17-22H2,(H,51,52)(H,53,54)(H,55,56)(H,57,58)(H,41,43,44,59)(H,42,45,46,60);;;;/q;4*+1/p-4. The third kappa shape index (κ3) is 13.8. The molecule has 0 unspecified atom stereocenters. The number of carboxylic acids is 4. The minimum absolute atomic E-state index is 0. The maximum Gasteiger partial charge on any atom is 1.00 e. The molecular formula is C40H30N10Na4O10. The molecule has 2 N–H and O–H groups in total. The molecule has 0 aliphatic carbocycles. The third-order valence-electron chi connectivity index (χ3n) is 9.20. The van der Waals surface area contributed by atoms with E-state index in [4.69, 9.17) is 0 Å². The van der Waals surface area contributed by atoms with E-state index in [2.05, 4.69) is 29.9 Å². The van der Waals surface area contributed by atoms with Crippen LogP contribution in [0.1, 0.15) is 22.3 Å². The van der Waals surface area contributed by atoms with Crippen molar-refractivity contribution in [2.24, 2.45) is 0 Å². The molecule has 64 heavy (non-hydrogen) atoms. The summed E-state index contributed by atoms with van der Waals surface area (Å²) in [6, 6.07) is 26.2. The summed E-state index contributed by atoms with van der Waals surface area (Å²) in [6.45, 7) is -3.04. The minimum atomic E-state index is -1.52. The predicted octanol–water partition coefficient (Wildman–Crippen LogP) is -14.3. The van der Waals surface area contributed by atoms with Crippen molar-refractivity contribution in [3.63, 3.8) is 0 Å². The Morgan fingerprint density at radius 2 is 0.641 bits per heavy atom. The first kappa shape index (κ1) is 53.9. The molecule has 0 amide bonds. The molecule has 6 aromatic rings. The van der Waals surface area contributed by atoms with Crippen LogP contribution >= 0.6 is 0 Å². The predicted molar refractivity (Wildman–Crippen MR) is 205 cm³/mol. The van der Waals surface area contributed by atoms with Gasteiger partial charge in [-0.1, -0.05) is 48.5 Å². The van der Waals surface area contributed by atoms with Gasteiger partial charge in [0.15, 0.2) is 0 Å². The summed E-state index contributed by atoms with van der Waals surface area (Å²) < 4.78 is 0. The Kier molecular flexibility index (Phi) is 20.4. The summed E-state index contributed by atoms with van der Waals surface area (Å²) in [5, 5.41) is 47.7. The van der Waals surface area contributed by atoms with Crippen molar-refractivity contribution in [2.45, 2.75) is 12.8 Å². The van der Waals surface area contributed by atoms with E-state index < -0.39 is 61.4 Å². The molecule has 7 aliphatic heterocycles. The number of nitrogens with zero attached hydrogens (tertiary/aromatic N) is 8. The van der Waals surface area contributed by atoms with Crippen LogP contribution in [-0.4, -0.2) is 80.0 Å². The zero-order valence-electron chi connectivity index (χ0n) is 35.1. The first-order chi connectivity index (χ1) is 28.8. The number of anilines is 8. The number of rotatable bonds is 8. The number of hydrogen-bond acceptors (Lipinski definition) is 18. The van der Waals surface area contributed by atoms with E-state index in [-0.39, 0.29) is 165 Å². The Morgan fingerprint density at radius 1 is 0.406 bits per heavy atom. The summed E-state index contributed by atoms with van der Waals surface area (Å²) in [5.41, 5.74) is 2.22. The molecule has 20 nitrogen and oxygen atoms in total. The zero-order valence-corrected chi connectivity index (χ0v) is 43.1. The zero-order chi connectivity index (χ0) is 42.5. The topological polar surface area (TPSA) is 291 Å². The van der Waals surface area contributed by atoms with Crippen molar-refractivity contribution >= 4 is 70.4 Å². The van der Waals surface area contributed by atoms with Crippen molar-refractivity contribution in [1.29, 1.82) is 0 Å². The largest absolute Gasteiger partial charge is 1.00 e. The normalized spacial score (nSPS) is 11.9. The molecule has 0 saturated heterocycles.